The van der Waals surface area contributed by atoms with Crippen LogP contribution in [0.3, 0.4) is 0 Å². The predicted molar refractivity (Wildman–Crippen MR) is 133 cm³/mol. The summed E-state index contributed by atoms with van der Waals surface area (Å²) in [6, 6.07) is 16.0. The van der Waals surface area contributed by atoms with E-state index in [0.29, 0.717) is 12.8 Å². The Morgan fingerprint density at radius 1 is 0.971 bits per heavy atom. The van der Waals surface area contributed by atoms with Gasteiger partial charge >= 0.3 is 12.1 Å². The van der Waals surface area contributed by atoms with E-state index in [-0.39, 0.29) is 36.9 Å². The van der Waals surface area contributed by atoms with Gasteiger partial charge in [0.1, 0.15) is 6.61 Å². The molecule has 1 fully saturated rings. The molecule has 1 unspecified atom stereocenters. The van der Waals surface area contributed by atoms with Gasteiger partial charge in [0, 0.05) is 18.5 Å². The van der Waals surface area contributed by atoms with Crippen molar-refractivity contribution < 1.29 is 24.2 Å². The third-order valence-electron chi connectivity index (χ3n) is 7.37. The highest BCUT2D eigenvalue weighted by molar-refractivity contribution is 5.82. The number of carboxylic acids is 1. The van der Waals surface area contributed by atoms with E-state index in [4.69, 9.17) is 4.74 Å². The van der Waals surface area contributed by atoms with Crippen LogP contribution in [-0.4, -0.2) is 42.3 Å². The molecule has 35 heavy (non-hydrogen) atoms. The van der Waals surface area contributed by atoms with Gasteiger partial charge in [0.05, 0.1) is 11.8 Å². The fourth-order valence-electron chi connectivity index (χ4n) is 5.36. The second-order valence-corrected chi connectivity index (χ2v) is 9.90. The molecule has 1 saturated carbocycles. The van der Waals surface area contributed by atoms with Crippen LogP contribution in [0.1, 0.15) is 56.6 Å². The highest BCUT2D eigenvalue weighted by Crippen LogP contribution is 2.44. The average Bonchev–Trinajstić information content (AvgIpc) is 3.16. The maximum absolute atomic E-state index is 12.9. The number of carbonyl (C=O) groups excluding carboxylic acids is 2. The van der Waals surface area contributed by atoms with Crippen LogP contribution in [0.2, 0.25) is 0 Å². The number of alkyl carbamates (subject to hydrolysis) is 1. The lowest BCUT2D eigenvalue weighted by Gasteiger charge is -2.31. The molecule has 0 aromatic heterocycles. The molecule has 7 nitrogen and oxygen atoms in total. The quantitative estimate of drug-likeness (QED) is 0.516. The van der Waals surface area contributed by atoms with Gasteiger partial charge in [0.25, 0.3) is 0 Å². The Morgan fingerprint density at radius 2 is 1.57 bits per heavy atom. The molecule has 2 aliphatic rings. The van der Waals surface area contributed by atoms with Crippen LogP contribution in [-0.2, 0) is 14.3 Å². The second-order valence-electron chi connectivity index (χ2n) is 9.90. The summed E-state index contributed by atoms with van der Waals surface area (Å²) >= 11 is 0. The van der Waals surface area contributed by atoms with Gasteiger partial charge in [-0.3, -0.25) is 9.59 Å². The molecule has 0 saturated heterocycles. The van der Waals surface area contributed by atoms with Crippen LogP contribution in [0.5, 0.6) is 0 Å². The molecule has 0 radical (unpaired) electrons. The van der Waals surface area contributed by atoms with E-state index < -0.39 is 23.9 Å². The molecule has 0 heterocycles. The number of nitrogens with one attached hydrogen (secondary N) is 2. The standard InChI is InChI=1S/C28H34N2O5/c1-17(2)23(27(32)33)15-29-26(31)22-13-7-8-14-25(22)30-28(34)35-16-24-20-11-5-3-9-18(20)19-10-4-6-12-21(19)24/h3-6,9-12,17,22-25H,7-8,13-16H2,1-2H3,(H,29,31)(H,30,34)(H,32,33)/t22-,23?,25+/m0/s1. The van der Waals surface area contributed by atoms with Gasteiger partial charge in [-0.2, -0.15) is 0 Å². The molecule has 7 heteroatoms. The molecule has 3 atom stereocenters. The normalized spacial score (nSPS) is 20.0. The summed E-state index contributed by atoms with van der Waals surface area (Å²) in [7, 11) is 0. The van der Waals surface area contributed by atoms with Crippen molar-refractivity contribution in [1.82, 2.24) is 10.6 Å². The maximum atomic E-state index is 12.9. The molecule has 4 rings (SSSR count). The van der Waals surface area contributed by atoms with Gasteiger partial charge in [-0.25, -0.2) is 4.79 Å². The third kappa shape index (κ3) is 5.50. The highest BCUT2D eigenvalue weighted by atomic mass is 16.5. The minimum Gasteiger partial charge on any atom is -0.481 e. The van der Waals surface area contributed by atoms with Crippen molar-refractivity contribution in [3.8, 4) is 11.1 Å². The highest BCUT2D eigenvalue weighted by Gasteiger charge is 2.34. The van der Waals surface area contributed by atoms with Crippen LogP contribution >= 0.6 is 0 Å². The zero-order chi connectivity index (χ0) is 24.9. The average molecular weight is 479 g/mol. The number of carboxylic acid groups (broad SMARTS) is 1. The summed E-state index contributed by atoms with van der Waals surface area (Å²) < 4.78 is 5.67. The van der Waals surface area contributed by atoms with Crippen molar-refractivity contribution in [3.05, 3.63) is 59.7 Å². The third-order valence-corrected chi connectivity index (χ3v) is 7.37. The first-order valence-corrected chi connectivity index (χ1v) is 12.5. The molecule has 0 aliphatic heterocycles. The van der Waals surface area contributed by atoms with Gasteiger partial charge in [-0.05, 0) is 41.0 Å². The van der Waals surface area contributed by atoms with Crippen LogP contribution in [0.15, 0.2) is 48.5 Å². The number of fused-ring (bicyclic) bond motifs is 3. The summed E-state index contributed by atoms with van der Waals surface area (Å²) in [5, 5.41) is 15.1. The number of aliphatic carboxylic acids is 1. The molecular weight excluding hydrogens is 444 g/mol. The summed E-state index contributed by atoms with van der Waals surface area (Å²) in [5.74, 6) is -2.28. The number of rotatable bonds is 8. The fourth-order valence-corrected chi connectivity index (χ4v) is 5.36. The molecule has 2 aromatic carbocycles. The van der Waals surface area contributed by atoms with Crippen LogP contribution in [0, 0.1) is 17.8 Å². The summed E-state index contributed by atoms with van der Waals surface area (Å²) in [6.45, 7) is 3.96. The first kappa shape index (κ1) is 24.8. The number of hydrogen-bond donors (Lipinski definition) is 3. The molecule has 2 amide bonds. The minimum atomic E-state index is -0.919. The predicted octanol–water partition coefficient (Wildman–Crippen LogP) is 4.56. The first-order chi connectivity index (χ1) is 16.9. The van der Waals surface area contributed by atoms with Gasteiger partial charge in [0.2, 0.25) is 5.91 Å². The van der Waals surface area contributed by atoms with Gasteiger partial charge in [0.15, 0.2) is 0 Å². The molecule has 2 aromatic rings. The zero-order valence-corrected chi connectivity index (χ0v) is 20.3. The molecule has 186 valence electrons. The number of benzene rings is 2. The van der Waals surface area contributed by atoms with E-state index in [1.807, 2.05) is 38.1 Å². The minimum absolute atomic E-state index is 0.0254. The monoisotopic (exact) mass is 478 g/mol. The van der Waals surface area contributed by atoms with E-state index in [1.165, 1.54) is 11.1 Å². The molecular formula is C28H34N2O5. The van der Waals surface area contributed by atoms with E-state index in [2.05, 4.69) is 34.9 Å². The Hall–Kier alpha value is -3.35. The van der Waals surface area contributed by atoms with E-state index >= 15 is 0 Å². The lowest BCUT2D eigenvalue weighted by molar-refractivity contribution is -0.143. The van der Waals surface area contributed by atoms with E-state index in [1.54, 1.807) is 0 Å². The topological polar surface area (TPSA) is 105 Å². The van der Waals surface area contributed by atoms with Crippen molar-refractivity contribution in [3.63, 3.8) is 0 Å². The summed E-state index contributed by atoms with van der Waals surface area (Å²) in [6.07, 6.45) is 2.63. The van der Waals surface area contributed by atoms with Gasteiger partial charge in [-0.15, -0.1) is 0 Å². The van der Waals surface area contributed by atoms with Crippen molar-refractivity contribution >= 4 is 18.0 Å². The van der Waals surface area contributed by atoms with E-state index in [9.17, 15) is 19.5 Å². The number of amides is 2. The molecule has 2 aliphatic carbocycles. The molecule has 0 spiro atoms. The fraction of sp³-hybridized carbons (Fsp3) is 0.464. The smallest absolute Gasteiger partial charge is 0.407 e. The van der Waals surface area contributed by atoms with Crippen molar-refractivity contribution in [2.45, 2.75) is 51.5 Å². The van der Waals surface area contributed by atoms with Gasteiger partial charge < -0.3 is 20.5 Å². The van der Waals surface area contributed by atoms with Gasteiger partial charge in [-0.1, -0.05) is 75.2 Å². The Morgan fingerprint density at radius 3 is 2.17 bits per heavy atom. The van der Waals surface area contributed by atoms with Crippen LogP contribution < -0.4 is 10.6 Å². The number of hydrogen-bond acceptors (Lipinski definition) is 4. The van der Waals surface area contributed by atoms with Crippen molar-refractivity contribution in [2.75, 3.05) is 13.2 Å². The Balaban J connectivity index is 1.36. The SMILES string of the molecule is CC(C)C(CNC(=O)[C@H]1CCCC[C@H]1NC(=O)OCC1c2ccccc2-c2ccccc21)C(=O)O. The number of carbonyl (C=O) groups is 3. The Labute approximate surface area is 206 Å². The van der Waals surface area contributed by atoms with Crippen LogP contribution in [0.4, 0.5) is 4.79 Å². The largest absolute Gasteiger partial charge is 0.481 e. The van der Waals surface area contributed by atoms with E-state index in [0.717, 1.165) is 24.0 Å². The maximum Gasteiger partial charge on any atom is 0.407 e. The summed E-state index contributed by atoms with van der Waals surface area (Å²) in [5.41, 5.74) is 4.63. The lowest BCUT2D eigenvalue weighted by Crippen LogP contribution is -2.49. The molecule has 3 N–H and O–H groups in total. The number of ether oxygens (including phenoxy) is 1. The molecule has 0 bridgehead atoms. The van der Waals surface area contributed by atoms with Crippen molar-refractivity contribution in [2.24, 2.45) is 17.8 Å². The zero-order valence-electron chi connectivity index (χ0n) is 20.3. The Bertz CT molecular complexity index is 1040. The van der Waals surface area contributed by atoms with Crippen molar-refractivity contribution in [1.29, 1.82) is 0 Å². The first-order valence-electron chi connectivity index (χ1n) is 12.5. The van der Waals surface area contributed by atoms with Crippen LogP contribution in [0.25, 0.3) is 11.1 Å². The lowest BCUT2D eigenvalue weighted by atomic mass is 9.83. The summed E-state index contributed by atoms with van der Waals surface area (Å²) in [4.78, 5) is 37.1. The Kier molecular flexibility index (Phi) is 7.73. The second kappa shape index (κ2) is 10.9.